The van der Waals surface area contributed by atoms with Crippen molar-refractivity contribution in [1.82, 2.24) is 14.5 Å². The zero-order valence-corrected chi connectivity index (χ0v) is 10.1. The molecule has 2 aromatic heterocycles. The Labute approximate surface area is 111 Å². The van der Waals surface area contributed by atoms with Gasteiger partial charge in [-0.2, -0.15) is 0 Å². The van der Waals surface area contributed by atoms with E-state index in [1.807, 2.05) is 0 Å². The number of fused-ring (bicyclic) bond motifs is 1. The smallest absolute Gasteiger partial charge is 0.263 e. The van der Waals surface area contributed by atoms with E-state index in [2.05, 4.69) is 9.97 Å². The van der Waals surface area contributed by atoms with Crippen LogP contribution in [-0.4, -0.2) is 54.5 Å². The van der Waals surface area contributed by atoms with Gasteiger partial charge < -0.3 is 29.6 Å². The Morgan fingerprint density at radius 3 is 2.95 bits per heavy atom. The lowest BCUT2D eigenvalue weighted by Crippen LogP contribution is -2.42. The third-order valence-electron chi connectivity index (χ3n) is 3.38. The first-order valence-electron chi connectivity index (χ1n) is 5.86. The van der Waals surface area contributed by atoms with Crippen LogP contribution in [0.5, 0.6) is 0 Å². The second-order valence-corrected chi connectivity index (χ2v) is 4.58. The highest BCUT2D eigenvalue weighted by atomic mass is 19.2. The molecule has 0 aliphatic carbocycles. The first kappa shape index (κ1) is 13.2. The lowest BCUT2D eigenvalue weighted by atomic mass is 10.1. The van der Waals surface area contributed by atoms with Gasteiger partial charge in [0, 0.05) is 6.20 Å². The van der Waals surface area contributed by atoms with Crippen molar-refractivity contribution in [2.24, 2.45) is 0 Å². The molecule has 9 heteroatoms. The van der Waals surface area contributed by atoms with Crippen molar-refractivity contribution in [3.63, 3.8) is 0 Å². The normalized spacial score (nSPS) is 33.9. The van der Waals surface area contributed by atoms with Gasteiger partial charge in [-0.25, -0.2) is 9.37 Å². The predicted octanol–water partition coefficient (Wildman–Crippen LogP) is -1.37. The van der Waals surface area contributed by atoms with Gasteiger partial charge in [0.05, 0.1) is 11.7 Å². The van der Waals surface area contributed by atoms with E-state index in [1.54, 1.807) is 0 Å². The number of rotatable bonds is 2. The van der Waals surface area contributed by atoms with Crippen LogP contribution >= 0.6 is 0 Å². The van der Waals surface area contributed by atoms with Gasteiger partial charge in [0.1, 0.15) is 24.5 Å². The number of aliphatic hydroxyl groups excluding tert-OH is 3. The third-order valence-corrected chi connectivity index (χ3v) is 3.38. The molecule has 8 nitrogen and oxygen atoms in total. The first-order valence-corrected chi connectivity index (χ1v) is 5.86. The van der Waals surface area contributed by atoms with E-state index in [0.29, 0.717) is 0 Å². The van der Waals surface area contributed by atoms with Gasteiger partial charge in [0.15, 0.2) is 6.23 Å². The summed E-state index contributed by atoms with van der Waals surface area (Å²) in [5.74, 6) is -2.76. The van der Waals surface area contributed by atoms with Gasteiger partial charge in [0.25, 0.3) is 11.4 Å². The van der Waals surface area contributed by atoms with E-state index in [0.717, 1.165) is 6.33 Å². The fourth-order valence-electron chi connectivity index (χ4n) is 2.29. The summed E-state index contributed by atoms with van der Waals surface area (Å²) in [6.07, 6.45) is -2.26. The number of aromatic nitrogens is 3. The number of aliphatic hydroxyl groups is 3. The Hall–Kier alpha value is -1.81. The maximum Gasteiger partial charge on any atom is 0.263 e. The summed E-state index contributed by atoms with van der Waals surface area (Å²) in [7, 11) is 0. The number of hydrogen-bond donors (Lipinski definition) is 4. The Morgan fingerprint density at radius 2 is 2.30 bits per heavy atom. The second-order valence-electron chi connectivity index (χ2n) is 4.58. The number of hydrogen-bond acceptors (Lipinski definition) is 6. The zero-order valence-electron chi connectivity index (χ0n) is 10.1. The van der Waals surface area contributed by atoms with Crippen molar-refractivity contribution in [2.45, 2.75) is 24.3 Å². The molecule has 1 aliphatic rings. The molecule has 1 aliphatic heterocycles. The first-order chi connectivity index (χ1) is 9.48. The molecule has 4 atom stereocenters. The van der Waals surface area contributed by atoms with Gasteiger partial charge in [-0.1, -0.05) is 0 Å². The molecule has 20 heavy (non-hydrogen) atoms. The number of alkyl halides is 1. The van der Waals surface area contributed by atoms with Gasteiger partial charge in [-0.3, -0.25) is 4.79 Å². The number of aromatic amines is 1. The summed E-state index contributed by atoms with van der Waals surface area (Å²) in [5, 5.41) is 28.6. The number of nitrogens with one attached hydrogen (secondary N) is 1. The van der Waals surface area contributed by atoms with E-state index in [9.17, 15) is 19.4 Å². The van der Waals surface area contributed by atoms with Gasteiger partial charge in [-0.05, 0) is 6.07 Å². The number of H-pyrrole nitrogens is 1. The number of ether oxygens (including phenoxy) is 1. The van der Waals surface area contributed by atoms with Crippen molar-refractivity contribution < 1.29 is 24.4 Å². The van der Waals surface area contributed by atoms with Gasteiger partial charge in [-0.15, -0.1) is 0 Å². The predicted molar refractivity (Wildman–Crippen MR) is 63.4 cm³/mol. The number of nitrogens with zero attached hydrogens (tertiary/aromatic N) is 2. The largest absolute Gasteiger partial charge is 0.390 e. The molecule has 2 aromatic rings. The summed E-state index contributed by atoms with van der Waals surface area (Å²) < 4.78 is 20.2. The molecule has 0 saturated carbocycles. The molecule has 0 bridgehead atoms. The molecule has 3 rings (SSSR count). The molecular formula is C11H12FN3O5. The van der Waals surface area contributed by atoms with Gasteiger partial charge >= 0.3 is 0 Å². The Balaban J connectivity index is 2.09. The monoisotopic (exact) mass is 285 g/mol. The Morgan fingerprint density at radius 1 is 1.55 bits per heavy atom. The maximum atomic E-state index is 14.0. The SMILES string of the molecule is O=c1[nH]cnc2c1ccn2[C@@H]1O[C@](F)(CO)[C@@H](O)[C@H]1O. The van der Waals surface area contributed by atoms with Gasteiger partial charge in [0.2, 0.25) is 0 Å². The van der Waals surface area contributed by atoms with Crippen LogP contribution in [0.15, 0.2) is 23.4 Å². The molecule has 0 radical (unpaired) electrons. The van der Waals surface area contributed by atoms with Crippen LogP contribution in [0.1, 0.15) is 6.23 Å². The summed E-state index contributed by atoms with van der Waals surface area (Å²) in [4.78, 5) is 17.9. The van der Waals surface area contributed by atoms with Crippen molar-refractivity contribution in [3.05, 3.63) is 28.9 Å². The van der Waals surface area contributed by atoms with Crippen LogP contribution in [0, 0.1) is 0 Å². The van der Waals surface area contributed by atoms with E-state index < -0.39 is 36.5 Å². The summed E-state index contributed by atoms with van der Waals surface area (Å²) >= 11 is 0. The molecule has 4 N–H and O–H groups in total. The standard InChI is InChI=1S/C11H12FN3O5/c12-11(3-16)7(18)6(17)10(20-11)15-2-1-5-8(15)13-4-14-9(5)19/h1-2,4,6-7,10,16-18H,3H2,(H,13,14,19)/t6-,7+,10-,11-/m1/s1. The van der Waals surface area contributed by atoms with Crippen LogP contribution < -0.4 is 5.56 Å². The van der Waals surface area contributed by atoms with Crippen LogP contribution in [0.3, 0.4) is 0 Å². The minimum atomic E-state index is -2.76. The topological polar surface area (TPSA) is 121 Å². The molecule has 0 amide bonds. The third kappa shape index (κ3) is 1.68. The van der Waals surface area contributed by atoms with Crippen LogP contribution in [0.25, 0.3) is 11.0 Å². The van der Waals surface area contributed by atoms with Crippen LogP contribution in [-0.2, 0) is 4.74 Å². The molecule has 0 unspecified atom stereocenters. The van der Waals surface area contributed by atoms with Crippen LogP contribution in [0.4, 0.5) is 4.39 Å². The molecule has 108 valence electrons. The molecule has 0 aromatic carbocycles. The fraction of sp³-hybridized carbons (Fsp3) is 0.455. The highest BCUT2D eigenvalue weighted by Crippen LogP contribution is 2.38. The summed E-state index contributed by atoms with van der Waals surface area (Å²) in [6, 6.07) is 1.43. The van der Waals surface area contributed by atoms with E-state index in [-0.39, 0.29) is 11.0 Å². The Kier molecular flexibility index (Phi) is 2.87. The lowest BCUT2D eigenvalue weighted by Gasteiger charge is -2.19. The zero-order chi connectivity index (χ0) is 14.5. The average molecular weight is 285 g/mol. The highest BCUT2D eigenvalue weighted by molar-refractivity contribution is 5.74. The molecular weight excluding hydrogens is 273 g/mol. The molecule has 3 heterocycles. The van der Waals surface area contributed by atoms with E-state index >= 15 is 0 Å². The average Bonchev–Trinajstić information content (AvgIpc) is 2.96. The number of halogens is 1. The molecule has 0 spiro atoms. The summed E-state index contributed by atoms with van der Waals surface area (Å²) in [6.45, 7) is -1.10. The second kappa shape index (κ2) is 4.35. The maximum absolute atomic E-state index is 14.0. The van der Waals surface area contributed by atoms with E-state index in [1.165, 1.54) is 16.8 Å². The van der Waals surface area contributed by atoms with Crippen molar-refractivity contribution in [2.75, 3.05) is 6.61 Å². The van der Waals surface area contributed by atoms with Crippen LogP contribution in [0.2, 0.25) is 0 Å². The van der Waals surface area contributed by atoms with E-state index in [4.69, 9.17) is 9.84 Å². The highest BCUT2D eigenvalue weighted by Gasteiger charge is 2.55. The molecule has 1 saturated heterocycles. The molecule has 1 fully saturated rings. The van der Waals surface area contributed by atoms with Crippen molar-refractivity contribution >= 4 is 11.0 Å². The fourth-order valence-corrected chi connectivity index (χ4v) is 2.29. The van der Waals surface area contributed by atoms with Crippen molar-refractivity contribution in [1.29, 1.82) is 0 Å². The minimum Gasteiger partial charge on any atom is -0.390 e. The summed E-state index contributed by atoms with van der Waals surface area (Å²) in [5.41, 5.74) is -0.220. The lowest BCUT2D eigenvalue weighted by molar-refractivity contribution is -0.206. The minimum absolute atomic E-state index is 0.173. The quantitative estimate of drug-likeness (QED) is 0.540. The Bertz CT molecular complexity index is 701. The van der Waals surface area contributed by atoms with Crippen molar-refractivity contribution in [3.8, 4) is 0 Å².